The van der Waals surface area contributed by atoms with Crippen LogP contribution in [0.15, 0.2) is 77.3 Å². The Bertz CT molecular complexity index is 1090. The predicted octanol–water partition coefficient (Wildman–Crippen LogP) is 3.95. The van der Waals surface area contributed by atoms with Crippen molar-refractivity contribution in [1.82, 2.24) is 15.3 Å². The Kier molecular flexibility index (Phi) is 5.07. The van der Waals surface area contributed by atoms with Crippen LogP contribution in [0, 0.1) is 0 Å². The molecule has 2 heterocycles. The molecule has 0 aliphatic heterocycles. The Morgan fingerprint density at radius 1 is 1.00 bits per heavy atom. The average molecular weight is 388 g/mol. The summed E-state index contributed by atoms with van der Waals surface area (Å²) < 4.78 is 5.71. The van der Waals surface area contributed by atoms with Gasteiger partial charge in [-0.2, -0.15) is 4.98 Å². The molecule has 2 aromatic carbocycles. The van der Waals surface area contributed by atoms with Gasteiger partial charge in [-0.3, -0.25) is 4.79 Å². The fourth-order valence-electron chi connectivity index (χ4n) is 2.70. The molecule has 0 atom stereocenters. The second-order valence-corrected chi connectivity index (χ2v) is 6.49. The van der Waals surface area contributed by atoms with Crippen molar-refractivity contribution in [3.8, 4) is 11.5 Å². The molecular formula is C21H16N4O2S. The molecule has 2 aromatic heterocycles. The van der Waals surface area contributed by atoms with E-state index in [4.69, 9.17) is 16.6 Å². The first-order chi connectivity index (χ1) is 13.7. The maximum atomic E-state index is 12.1. The van der Waals surface area contributed by atoms with E-state index in [0.717, 1.165) is 16.8 Å². The molecule has 0 radical (unpaired) electrons. The van der Waals surface area contributed by atoms with Crippen LogP contribution >= 0.6 is 12.2 Å². The molecular weight excluding hydrogens is 372 g/mol. The lowest BCUT2D eigenvalue weighted by Crippen LogP contribution is -2.35. The van der Waals surface area contributed by atoms with Crippen molar-refractivity contribution in [3.63, 3.8) is 0 Å². The number of hydrogen-bond acceptors (Lipinski definition) is 5. The fraction of sp³-hybridized carbons (Fsp3) is 0.0476. The number of oxazole rings is 1. The van der Waals surface area contributed by atoms with E-state index >= 15 is 0 Å². The Morgan fingerprint density at radius 3 is 2.54 bits per heavy atom. The number of hydrogen-bond donors (Lipinski definition) is 2. The molecule has 0 aliphatic rings. The SMILES string of the molecule is O=C(Cc1ccccc1)NC(=S)Nc1ccc(-c2nc3ncccc3o2)cc1. The molecule has 1 amide bonds. The molecule has 0 unspecified atom stereocenters. The lowest BCUT2D eigenvalue weighted by atomic mass is 10.1. The summed E-state index contributed by atoms with van der Waals surface area (Å²) in [7, 11) is 0. The van der Waals surface area contributed by atoms with Crippen LogP contribution in [0.4, 0.5) is 5.69 Å². The van der Waals surface area contributed by atoms with Crippen LogP contribution in [-0.4, -0.2) is 21.0 Å². The maximum absolute atomic E-state index is 12.1. The Hall–Kier alpha value is -3.58. The van der Waals surface area contributed by atoms with Gasteiger partial charge in [0.1, 0.15) is 0 Å². The van der Waals surface area contributed by atoms with Gasteiger partial charge >= 0.3 is 0 Å². The van der Waals surface area contributed by atoms with Crippen LogP contribution in [0.2, 0.25) is 0 Å². The topological polar surface area (TPSA) is 80.0 Å². The van der Waals surface area contributed by atoms with E-state index in [0.29, 0.717) is 17.1 Å². The largest absolute Gasteiger partial charge is 0.434 e. The molecule has 0 saturated heterocycles. The summed E-state index contributed by atoms with van der Waals surface area (Å²) >= 11 is 5.22. The standard InChI is InChI=1S/C21H16N4O2S/c26-18(13-14-5-2-1-3-6-14)24-21(28)23-16-10-8-15(9-11-16)20-25-19-17(27-20)7-4-12-22-19/h1-12H,13H2,(H2,23,24,26,28). The van der Waals surface area contributed by atoms with E-state index in [2.05, 4.69) is 20.6 Å². The molecule has 28 heavy (non-hydrogen) atoms. The summed E-state index contributed by atoms with van der Waals surface area (Å²) in [5.74, 6) is 0.332. The van der Waals surface area contributed by atoms with Crippen LogP contribution in [0.3, 0.4) is 0 Å². The summed E-state index contributed by atoms with van der Waals surface area (Å²) in [4.78, 5) is 20.6. The van der Waals surface area contributed by atoms with Crippen molar-refractivity contribution < 1.29 is 9.21 Å². The van der Waals surface area contributed by atoms with Crippen LogP contribution in [0.25, 0.3) is 22.7 Å². The molecule has 2 N–H and O–H groups in total. The van der Waals surface area contributed by atoms with E-state index in [9.17, 15) is 4.79 Å². The van der Waals surface area contributed by atoms with Crippen molar-refractivity contribution in [1.29, 1.82) is 0 Å². The summed E-state index contributed by atoms with van der Waals surface area (Å²) in [5.41, 5.74) is 3.72. The number of fused-ring (bicyclic) bond motifs is 1. The molecule has 0 fully saturated rings. The van der Waals surface area contributed by atoms with E-state index in [1.165, 1.54) is 0 Å². The molecule has 7 heteroatoms. The quantitative estimate of drug-likeness (QED) is 0.516. The Balaban J connectivity index is 1.37. The summed E-state index contributed by atoms with van der Waals surface area (Å²) in [6.07, 6.45) is 1.95. The first-order valence-electron chi connectivity index (χ1n) is 8.64. The zero-order valence-corrected chi connectivity index (χ0v) is 15.6. The van der Waals surface area contributed by atoms with Gasteiger partial charge in [-0.25, -0.2) is 4.98 Å². The number of rotatable bonds is 4. The van der Waals surface area contributed by atoms with Crippen molar-refractivity contribution in [2.75, 3.05) is 5.32 Å². The average Bonchev–Trinajstić information content (AvgIpc) is 3.13. The molecule has 6 nitrogen and oxygen atoms in total. The maximum Gasteiger partial charge on any atom is 0.230 e. The molecule has 0 bridgehead atoms. The fourth-order valence-corrected chi connectivity index (χ4v) is 2.93. The molecule has 0 aliphatic carbocycles. The minimum atomic E-state index is -0.167. The van der Waals surface area contributed by atoms with E-state index in [1.807, 2.05) is 60.7 Å². The zero-order chi connectivity index (χ0) is 19.3. The first kappa shape index (κ1) is 17.8. The minimum Gasteiger partial charge on any atom is -0.434 e. The number of carbonyl (C=O) groups excluding carboxylic acids is 1. The lowest BCUT2D eigenvalue weighted by Gasteiger charge is -2.10. The van der Waals surface area contributed by atoms with Crippen LogP contribution in [0.1, 0.15) is 5.56 Å². The number of nitrogens with one attached hydrogen (secondary N) is 2. The van der Waals surface area contributed by atoms with Crippen molar-refractivity contribution in [2.45, 2.75) is 6.42 Å². The van der Waals surface area contributed by atoms with Gasteiger partial charge in [0.2, 0.25) is 11.8 Å². The normalized spacial score (nSPS) is 10.6. The van der Waals surface area contributed by atoms with Crippen molar-refractivity contribution in [2.24, 2.45) is 0 Å². The number of thiocarbonyl (C=S) groups is 1. The highest BCUT2D eigenvalue weighted by atomic mass is 32.1. The zero-order valence-electron chi connectivity index (χ0n) is 14.8. The number of anilines is 1. The highest BCUT2D eigenvalue weighted by Gasteiger charge is 2.09. The van der Waals surface area contributed by atoms with Crippen LogP contribution in [-0.2, 0) is 11.2 Å². The highest BCUT2D eigenvalue weighted by molar-refractivity contribution is 7.80. The second kappa shape index (κ2) is 7.98. The number of nitrogens with zero attached hydrogens (tertiary/aromatic N) is 2. The van der Waals surface area contributed by atoms with Gasteiger partial charge in [0.25, 0.3) is 0 Å². The van der Waals surface area contributed by atoms with Gasteiger partial charge in [-0.1, -0.05) is 30.3 Å². The Morgan fingerprint density at radius 2 is 1.79 bits per heavy atom. The number of pyridine rings is 1. The van der Waals surface area contributed by atoms with Crippen LogP contribution < -0.4 is 10.6 Å². The minimum absolute atomic E-state index is 0.167. The van der Waals surface area contributed by atoms with Crippen molar-refractivity contribution in [3.05, 3.63) is 78.5 Å². The smallest absolute Gasteiger partial charge is 0.230 e. The number of benzene rings is 2. The van der Waals surface area contributed by atoms with Crippen molar-refractivity contribution >= 4 is 40.2 Å². The summed E-state index contributed by atoms with van der Waals surface area (Å²) in [6, 6.07) is 20.5. The van der Waals surface area contributed by atoms with E-state index in [1.54, 1.807) is 12.3 Å². The van der Waals surface area contributed by atoms with Gasteiger partial charge in [0.15, 0.2) is 16.3 Å². The summed E-state index contributed by atoms with van der Waals surface area (Å²) in [6.45, 7) is 0. The summed E-state index contributed by atoms with van der Waals surface area (Å²) in [5, 5.41) is 5.93. The van der Waals surface area contributed by atoms with Gasteiger partial charge in [0.05, 0.1) is 6.42 Å². The van der Waals surface area contributed by atoms with E-state index < -0.39 is 0 Å². The third kappa shape index (κ3) is 4.21. The molecule has 138 valence electrons. The third-order valence-corrected chi connectivity index (χ3v) is 4.22. The van der Waals surface area contributed by atoms with Gasteiger partial charge in [0, 0.05) is 17.4 Å². The monoisotopic (exact) mass is 388 g/mol. The molecule has 0 spiro atoms. The van der Waals surface area contributed by atoms with Crippen LogP contribution in [0.5, 0.6) is 0 Å². The number of aromatic nitrogens is 2. The van der Waals surface area contributed by atoms with Gasteiger partial charge < -0.3 is 15.1 Å². The number of carbonyl (C=O) groups is 1. The van der Waals surface area contributed by atoms with Gasteiger partial charge in [-0.05, 0) is 54.2 Å². The number of amides is 1. The molecule has 4 aromatic rings. The lowest BCUT2D eigenvalue weighted by molar-refractivity contribution is -0.119. The Labute approximate surface area is 166 Å². The molecule has 0 saturated carbocycles. The van der Waals surface area contributed by atoms with E-state index in [-0.39, 0.29) is 17.4 Å². The first-order valence-corrected chi connectivity index (χ1v) is 9.05. The predicted molar refractivity (Wildman–Crippen MR) is 112 cm³/mol. The highest BCUT2D eigenvalue weighted by Crippen LogP contribution is 2.24. The molecule has 4 rings (SSSR count). The second-order valence-electron chi connectivity index (χ2n) is 6.09. The van der Waals surface area contributed by atoms with Gasteiger partial charge in [-0.15, -0.1) is 0 Å². The third-order valence-electron chi connectivity index (χ3n) is 4.02.